The molecule has 0 aliphatic carbocycles. The summed E-state index contributed by atoms with van der Waals surface area (Å²) in [6, 6.07) is 5.23. The van der Waals surface area contributed by atoms with Crippen LogP contribution in [0.1, 0.15) is 55.8 Å². The number of phenols is 2. The minimum absolute atomic E-state index is 0.0910. The Morgan fingerprint density at radius 2 is 1.11 bits per heavy atom. The lowest BCUT2D eigenvalue weighted by Gasteiger charge is -2.26. The number of hydrogen-bond acceptors (Lipinski definition) is 11. The first-order valence-corrected chi connectivity index (χ1v) is 15.5. The quantitative estimate of drug-likeness (QED) is 0.147. The highest BCUT2D eigenvalue weighted by atomic mass is 16.3. The Balaban J connectivity index is 1.72. The third kappa shape index (κ3) is 10.6. The molecule has 1 aliphatic heterocycles. The van der Waals surface area contributed by atoms with Crippen molar-refractivity contribution in [2.75, 3.05) is 65.7 Å². The van der Waals surface area contributed by atoms with Crippen molar-refractivity contribution in [3.8, 4) is 11.5 Å². The molecule has 1 fully saturated rings. The molecule has 0 saturated carbocycles. The highest BCUT2D eigenvalue weighted by molar-refractivity contribution is 5.98. The van der Waals surface area contributed by atoms with E-state index in [1.54, 1.807) is 12.1 Å². The zero-order valence-electron chi connectivity index (χ0n) is 26.3. The van der Waals surface area contributed by atoms with E-state index in [-0.39, 0.29) is 22.6 Å². The molecule has 2 aromatic carbocycles. The van der Waals surface area contributed by atoms with Crippen molar-refractivity contribution in [1.29, 1.82) is 0 Å². The topological polar surface area (TPSA) is 198 Å². The SMILES string of the molecule is Cc1cc(CN2CCCNCCN(Cc3cc(C)cc(C(=O)NC(CO)CO)c3O)CCC2)c(O)c(C(=O)NC(CO)CO)c1. The number of nitrogens with one attached hydrogen (secondary N) is 3. The Morgan fingerprint density at radius 3 is 1.56 bits per heavy atom. The van der Waals surface area contributed by atoms with Crippen molar-refractivity contribution in [1.82, 2.24) is 25.8 Å². The summed E-state index contributed by atoms with van der Waals surface area (Å²) in [5, 5.41) is 67.9. The second kappa shape index (κ2) is 18.0. The van der Waals surface area contributed by atoms with Crippen LogP contribution in [0, 0.1) is 13.8 Å². The van der Waals surface area contributed by atoms with Crippen molar-refractivity contribution in [2.45, 2.75) is 51.9 Å². The molecule has 0 radical (unpaired) electrons. The number of aliphatic hydroxyl groups excluding tert-OH is 4. The van der Waals surface area contributed by atoms with E-state index in [1.807, 2.05) is 26.0 Å². The summed E-state index contributed by atoms with van der Waals surface area (Å²) >= 11 is 0. The second-order valence-electron chi connectivity index (χ2n) is 11.7. The highest BCUT2D eigenvalue weighted by Gasteiger charge is 2.22. The van der Waals surface area contributed by atoms with Crippen LogP contribution in [0.25, 0.3) is 0 Å². The van der Waals surface area contributed by atoms with Crippen molar-refractivity contribution in [3.63, 3.8) is 0 Å². The molecule has 0 unspecified atom stereocenters. The minimum Gasteiger partial charge on any atom is -0.507 e. The molecular weight excluding hydrogens is 582 g/mol. The monoisotopic (exact) mass is 631 g/mol. The molecule has 9 N–H and O–H groups in total. The number of hydrogen-bond donors (Lipinski definition) is 9. The van der Waals surface area contributed by atoms with Gasteiger partial charge in [-0.2, -0.15) is 0 Å². The summed E-state index contributed by atoms with van der Waals surface area (Å²) in [4.78, 5) is 30.0. The summed E-state index contributed by atoms with van der Waals surface area (Å²) in [5.41, 5.74) is 3.01. The molecule has 250 valence electrons. The third-order valence-electron chi connectivity index (χ3n) is 7.88. The number of phenolic OH excluding ortho intramolecular Hbond substituents is 2. The van der Waals surface area contributed by atoms with Crippen molar-refractivity contribution in [2.24, 2.45) is 0 Å². The molecule has 2 amide bonds. The lowest BCUT2D eigenvalue weighted by Crippen LogP contribution is -2.40. The zero-order chi connectivity index (χ0) is 32.9. The summed E-state index contributed by atoms with van der Waals surface area (Å²) in [6.07, 6.45) is 1.68. The molecule has 13 heteroatoms. The van der Waals surface area contributed by atoms with Crippen molar-refractivity contribution >= 4 is 11.8 Å². The van der Waals surface area contributed by atoms with Crippen LogP contribution in [0.5, 0.6) is 11.5 Å². The van der Waals surface area contributed by atoms with Crippen molar-refractivity contribution in [3.05, 3.63) is 57.6 Å². The molecular formula is C32H49N5O8. The van der Waals surface area contributed by atoms with Crippen LogP contribution in [0.3, 0.4) is 0 Å². The van der Waals surface area contributed by atoms with Gasteiger partial charge in [-0.1, -0.05) is 12.1 Å². The van der Waals surface area contributed by atoms with E-state index < -0.39 is 50.3 Å². The van der Waals surface area contributed by atoms with E-state index in [1.165, 1.54) is 0 Å². The Hall–Kier alpha value is -3.30. The fourth-order valence-electron chi connectivity index (χ4n) is 5.45. The number of aliphatic hydroxyl groups is 4. The van der Waals surface area contributed by atoms with Gasteiger partial charge in [0.1, 0.15) is 11.5 Å². The fraction of sp³-hybridized carbons (Fsp3) is 0.562. The zero-order valence-corrected chi connectivity index (χ0v) is 26.3. The van der Waals surface area contributed by atoms with E-state index in [0.29, 0.717) is 30.8 Å². The largest absolute Gasteiger partial charge is 0.507 e. The molecule has 0 spiro atoms. The number of benzene rings is 2. The highest BCUT2D eigenvalue weighted by Crippen LogP contribution is 2.28. The standard InChI is InChI=1S/C32H49N5O8/c1-21-11-23(29(42)27(13-21)31(44)34-25(17-38)18-39)15-36-7-3-5-33-6-10-37(9-4-8-36)16-24-12-22(2)14-28(30(24)43)32(45)35-26(19-40)20-41/h11-14,25-26,33,38-43H,3-10,15-20H2,1-2H3,(H,34,44)(H,35,45). The first-order valence-electron chi connectivity index (χ1n) is 15.5. The lowest BCUT2D eigenvalue weighted by molar-refractivity contribution is 0.0870. The summed E-state index contributed by atoms with van der Waals surface area (Å²) in [5.74, 6) is -1.39. The first-order chi connectivity index (χ1) is 21.6. The molecule has 0 atom stereocenters. The average Bonchev–Trinajstić information content (AvgIpc) is 3.07. The van der Waals surface area contributed by atoms with Gasteiger partial charge in [0.15, 0.2) is 0 Å². The van der Waals surface area contributed by atoms with Gasteiger partial charge in [0.05, 0.1) is 49.6 Å². The van der Waals surface area contributed by atoms with Crippen LogP contribution in [0.2, 0.25) is 0 Å². The minimum atomic E-state index is -0.823. The third-order valence-corrected chi connectivity index (χ3v) is 7.88. The van der Waals surface area contributed by atoms with Crippen molar-refractivity contribution < 1.29 is 40.2 Å². The first kappa shape index (κ1) is 36.2. The van der Waals surface area contributed by atoms with E-state index in [4.69, 9.17) is 0 Å². The van der Waals surface area contributed by atoms with Crippen LogP contribution in [0.15, 0.2) is 24.3 Å². The number of carbonyl (C=O) groups is 2. The van der Waals surface area contributed by atoms with Crippen LogP contribution in [0.4, 0.5) is 0 Å². The van der Waals surface area contributed by atoms with Gasteiger partial charge in [0.2, 0.25) is 0 Å². The Labute approximate surface area is 264 Å². The number of aromatic hydroxyl groups is 2. The van der Waals surface area contributed by atoms with Crippen LogP contribution < -0.4 is 16.0 Å². The summed E-state index contributed by atoms with van der Waals surface area (Å²) in [6.45, 7) is 7.32. The Morgan fingerprint density at radius 1 is 0.689 bits per heavy atom. The molecule has 1 saturated heterocycles. The molecule has 45 heavy (non-hydrogen) atoms. The van der Waals surface area contributed by atoms with Gasteiger partial charge in [-0.05, 0) is 76.1 Å². The van der Waals surface area contributed by atoms with Gasteiger partial charge < -0.3 is 46.6 Å². The Bertz CT molecular complexity index is 1170. The fourth-order valence-corrected chi connectivity index (χ4v) is 5.45. The average molecular weight is 632 g/mol. The van der Waals surface area contributed by atoms with Gasteiger partial charge in [-0.25, -0.2) is 0 Å². The van der Waals surface area contributed by atoms with Gasteiger partial charge in [0, 0.05) is 37.3 Å². The van der Waals surface area contributed by atoms with Gasteiger partial charge >= 0.3 is 0 Å². The number of carbonyl (C=O) groups excluding carboxylic acids is 2. The number of amides is 2. The second-order valence-corrected chi connectivity index (χ2v) is 11.7. The normalized spacial score (nSPS) is 15.6. The van der Waals surface area contributed by atoms with Crippen LogP contribution >= 0.6 is 0 Å². The lowest BCUT2D eigenvalue weighted by atomic mass is 10.0. The van der Waals surface area contributed by atoms with Gasteiger partial charge in [-0.3, -0.25) is 19.4 Å². The predicted molar refractivity (Wildman–Crippen MR) is 169 cm³/mol. The molecule has 1 aliphatic rings. The van der Waals surface area contributed by atoms with E-state index in [0.717, 1.165) is 56.7 Å². The maximum Gasteiger partial charge on any atom is 0.255 e. The molecule has 0 bridgehead atoms. The Kier molecular flexibility index (Phi) is 14.5. The van der Waals surface area contributed by atoms with E-state index >= 15 is 0 Å². The smallest absolute Gasteiger partial charge is 0.255 e. The summed E-state index contributed by atoms with van der Waals surface area (Å²) < 4.78 is 0. The van der Waals surface area contributed by atoms with Gasteiger partial charge in [0.25, 0.3) is 11.8 Å². The molecule has 3 rings (SSSR count). The van der Waals surface area contributed by atoms with Crippen LogP contribution in [-0.2, 0) is 13.1 Å². The number of aryl methyl sites for hydroxylation is 2. The number of nitrogens with zero attached hydrogens (tertiary/aromatic N) is 2. The van der Waals surface area contributed by atoms with E-state index in [2.05, 4.69) is 25.8 Å². The maximum absolute atomic E-state index is 12.8. The van der Waals surface area contributed by atoms with Gasteiger partial charge in [-0.15, -0.1) is 0 Å². The predicted octanol–water partition coefficient (Wildman–Crippen LogP) is -0.432. The maximum atomic E-state index is 12.8. The molecule has 2 aromatic rings. The number of rotatable bonds is 12. The van der Waals surface area contributed by atoms with Crippen LogP contribution in [-0.4, -0.2) is 130 Å². The van der Waals surface area contributed by atoms with E-state index in [9.17, 15) is 40.2 Å². The summed E-state index contributed by atoms with van der Waals surface area (Å²) in [7, 11) is 0. The molecule has 0 aromatic heterocycles. The molecule has 13 nitrogen and oxygen atoms in total. The molecule has 1 heterocycles.